The fraction of sp³-hybridized carbons (Fsp3) is 0.364. The molecule has 0 aromatic heterocycles. The predicted octanol–water partition coefficient (Wildman–Crippen LogP) is 3.26. The minimum absolute atomic E-state index is 0.129. The Morgan fingerprint density at radius 1 is 1.38 bits per heavy atom. The van der Waals surface area contributed by atoms with Crippen molar-refractivity contribution in [3.63, 3.8) is 0 Å². The summed E-state index contributed by atoms with van der Waals surface area (Å²) >= 11 is 1.51. The molecular formula is C11H12F2N2S. The molecule has 2 rings (SSSR count). The molecule has 1 aromatic rings. The molecule has 1 N–H and O–H groups in total. The molecule has 0 spiro atoms. The summed E-state index contributed by atoms with van der Waals surface area (Å²) in [6, 6.07) is 4.05. The minimum atomic E-state index is -0.865. The average Bonchev–Trinajstić information content (AvgIpc) is 2.53. The lowest BCUT2D eigenvalue weighted by Crippen LogP contribution is -2.15. The second-order valence-corrected chi connectivity index (χ2v) is 5.21. The molecule has 1 aliphatic heterocycles. The molecule has 0 saturated heterocycles. The number of hydrogen-bond donors (Lipinski definition) is 1. The van der Waals surface area contributed by atoms with E-state index in [0.29, 0.717) is 5.17 Å². The number of anilines is 1. The van der Waals surface area contributed by atoms with E-state index in [4.69, 9.17) is 0 Å². The lowest BCUT2D eigenvalue weighted by molar-refractivity contribution is 0.512. The Morgan fingerprint density at radius 3 is 2.75 bits per heavy atom. The third kappa shape index (κ3) is 2.35. The van der Waals surface area contributed by atoms with E-state index in [0.717, 1.165) is 11.8 Å². The summed E-state index contributed by atoms with van der Waals surface area (Å²) in [7, 11) is 0. The zero-order valence-electron chi connectivity index (χ0n) is 9.05. The molecule has 0 fully saturated rings. The monoisotopic (exact) mass is 242 g/mol. The fourth-order valence-electron chi connectivity index (χ4n) is 1.36. The summed E-state index contributed by atoms with van der Waals surface area (Å²) in [5.41, 5.74) is -0.0134. The summed E-state index contributed by atoms with van der Waals surface area (Å²) in [5.74, 6) is -0.880. The van der Waals surface area contributed by atoms with Crippen LogP contribution in [0.1, 0.15) is 13.8 Å². The number of hydrogen-bond acceptors (Lipinski definition) is 3. The maximum absolute atomic E-state index is 13.3. The second kappa shape index (κ2) is 4.05. The van der Waals surface area contributed by atoms with E-state index in [-0.39, 0.29) is 11.2 Å². The lowest BCUT2D eigenvalue weighted by Gasteiger charge is -2.09. The number of nitrogens with one attached hydrogen (secondary N) is 1. The van der Waals surface area contributed by atoms with Crippen molar-refractivity contribution >= 4 is 22.6 Å². The maximum atomic E-state index is 13.3. The molecule has 0 radical (unpaired) electrons. The number of rotatable bonds is 1. The molecule has 86 valence electrons. The summed E-state index contributed by atoms with van der Waals surface area (Å²) in [5, 5.41) is 3.44. The molecular weight excluding hydrogens is 230 g/mol. The van der Waals surface area contributed by atoms with Crippen LogP contribution in [0.4, 0.5) is 14.5 Å². The van der Waals surface area contributed by atoms with Gasteiger partial charge < -0.3 is 5.32 Å². The molecule has 0 saturated carbocycles. The highest BCUT2D eigenvalue weighted by Crippen LogP contribution is 2.28. The Hall–Kier alpha value is -1.10. The quantitative estimate of drug-likeness (QED) is 0.817. The molecule has 0 amide bonds. The van der Waals surface area contributed by atoms with E-state index in [1.165, 1.54) is 23.9 Å². The highest BCUT2D eigenvalue weighted by molar-refractivity contribution is 8.14. The first-order valence-electron chi connectivity index (χ1n) is 4.92. The fourth-order valence-corrected chi connectivity index (χ4v) is 2.41. The van der Waals surface area contributed by atoms with Crippen molar-refractivity contribution in [2.75, 3.05) is 11.1 Å². The Labute approximate surface area is 97.1 Å². The van der Waals surface area contributed by atoms with E-state index in [9.17, 15) is 8.78 Å². The van der Waals surface area contributed by atoms with Gasteiger partial charge in [0.25, 0.3) is 0 Å². The van der Waals surface area contributed by atoms with Crippen molar-refractivity contribution in [1.29, 1.82) is 0 Å². The van der Waals surface area contributed by atoms with Gasteiger partial charge in [-0.05, 0) is 26.0 Å². The number of benzene rings is 1. The maximum Gasteiger partial charge on any atom is 0.182 e. The average molecular weight is 242 g/mol. The van der Waals surface area contributed by atoms with Gasteiger partial charge in [0.2, 0.25) is 0 Å². The van der Waals surface area contributed by atoms with Crippen LogP contribution in [0.2, 0.25) is 0 Å². The first-order chi connectivity index (χ1) is 7.48. The van der Waals surface area contributed by atoms with Crippen LogP contribution < -0.4 is 5.32 Å². The molecule has 1 aliphatic rings. The van der Waals surface area contributed by atoms with Gasteiger partial charge in [0.15, 0.2) is 16.8 Å². The molecule has 1 aromatic carbocycles. The number of nitrogens with zero attached hydrogens (tertiary/aromatic N) is 1. The van der Waals surface area contributed by atoms with Gasteiger partial charge in [-0.25, -0.2) is 8.78 Å². The molecule has 2 nitrogen and oxygen atoms in total. The molecule has 16 heavy (non-hydrogen) atoms. The Bertz CT molecular complexity index is 444. The van der Waals surface area contributed by atoms with Crippen LogP contribution in [0.25, 0.3) is 0 Å². The highest BCUT2D eigenvalue weighted by atomic mass is 32.2. The van der Waals surface area contributed by atoms with Crippen LogP contribution in [-0.2, 0) is 0 Å². The van der Waals surface area contributed by atoms with Gasteiger partial charge in [-0.3, -0.25) is 4.99 Å². The molecule has 0 aliphatic carbocycles. The minimum Gasteiger partial charge on any atom is -0.332 e. The van der Waals surface area contributed by atoms with Crippen LogP contribution in [0.3, 0.4) is 0 Å². The largest absolute Gasteiger partial charge is 0.332 e. The van der Waals surface area contributed by atoms with E-state index in [1.54, 1.807) is 0 Å². The van der Waals surface area contributed by atoms with Crippen LogP contribution >= 0.6 is 11.8 Å². The van der Waals surface area contributed by atoms with Gasteiger partial charge in [0.1, 0.15) is 0 Å². The molecule has 5 heteroatoms. The number of aliphatic imine (C=N–C) groups is 1. The van der Waals surface area contributed by atoms with Gasteiger partial charge in [-0.1, -0.05) is 17.8 Å². The molecule has 0 unspecified atom stereocenters. The first-order valence-corrected chi connectivity index (χ1v) is 5.90. The summed E-state index contributed by atoms with van der Waals surface area (Å²) in [6.45, 7) is 3.99. The van der Waals surface area contributed by atoms with Crippen LogP contribution in [-0.4, -0.2) is 16.5 Å². The normalized spacial score (nSPS) is 18.4. The third-order valence-electron chi connectivity index (χ3n) is 2.16. The predicted molar refractivity (Wildman–Crippen MR) is 64.0 cm³/mol. The van der Waals surface area contributed by atoms with Crippen LogP contribution in [0.15, 0.2) is 23.2 Å². The van der Waals surface area contributed by atoms with Gasteiger partial charge in [0, 0.05) is 5.75 Å². The first kappa shape index (κ1) is 11.4. The Balaban J connectivity index is 2.20. The lowest BCUT2D eigenvalue weighted by atomic mass is 10.1. The van der Waals surface area contributed by atoms with Crippen LogP contribution in [0, 0.1) is 11.6 Å². The van der Waals surface area contributed by atoms with Gasteiger partial charge >= 0.3 is 0 Å². The van der Waals surface area contributed by atoms with Crippen molar-refractivity contribution in [3.8, 4) is 0 Å². The molecule has 1 heterocycles. The SMILES string of the molecule is CC1(C)CSC(Nc2cccc(F)c2F)=N1. The number of amidine groups is 1. The summed E-state index contributed by atoms with van der Waals surface area (Å²) in [4.78, 5) is 4.37. The second-order valence-electron chi connectivity index (χ2n) is 4.24. The van der Waals surface area contributed by atoms with E-state index in [1.807, 2.05) is 13.8 Å². The van der Waals surface area contributed by atoms with Gasteiger partial charge in [0.05, 0.1) is 11.2 Å². The zero-order valence-corrected chi connectivity index (χ0v) is 9.87. The Kier molecular flexibility index (Phi) is 2.88. The van der Waals surface area contributed by atoms with Crippen molar-refractivity contribution in [3.05, 3.63) is 29.8 Å². The molecule has 0 atom stereocenters. The van der Waals surface area contributed by atoms with Gasteiger partial charge in [-0.15, -0.1) is 0 Å². The van der Waals surface area contributed by atoms with Crippen molar-refractivity contribution in [2.45, 2.75) is 19.4 Å². The zero-order chi connectivity index (χ0) is 11.8. The standard InChI is InChI=1S/C11H12F2N2S/c1-11(2)6-16-10(15-11)14-8-5-3-4-7(12)9(8)13/h3-5H,6H2,1-2H3,(H,14,15). The van der Waals surface area contributed by atoms with E-state index in [2.05, 4.69) is 10.3 Å². The van der Waals surface area contributed by atoms with Crippen molar-refractivity contribution in [1.82, 2.24) is 0 Å². The summed E-state index contributed by atoms with van der Waals surface area (Å²) < 4.78 is 26.3. The number of halogens is 2. The van der Waals surface area contributed by atoms with Crippen molar-refractivity contribution < 1.29 is 8.78 Å². The van der Waals surface area contributed by atoms with Crippen LogP contribution in [0.5, 0.6) is 0 Å². The Morgan fingerprint density at radius 2 is 2.12 bits per heavy atom. The van der Waals surface area contributed by atoms with Crippen molar-refractivity contribution in [2.24, 2.45) is 4.99 Å². The van der Waals surface area contributed by atoms with E-state index < -0.39 is 11.6 Å². The number of thioether (sulfide) groups is 1. The third-order valence-corrected chi connectivity index (χ3v) is 3.48. The highest BCUT2D eigenvalue weighted by Gasteiger charge is 2.25. The van der Waals surface area contributed by atoms with E-state index >= 15 is 0 Å². The van der Waals surface area contributed by atoms with Gasteiger partial charge in [-0.2, -0.15) is 0 Å². The topological polar surface area (TPSA) is 24.4 Å². The smallest absolute Gasteiger partial charge is 0.182 e. The molecule has 0 bridgehead atoms. The summed E-state index contributed by atoms with van der Waals surface area (Å²) in [6.07, 6.45) is 0.